The summed E-state index contributed by atoms with van der Waals surface area (Å²) in [6.45, 7) is 4.71. The van der Waals surface area contributed by atoms with Crippen LogP contribution in [0.1, 0.15) is 18.5 Å². The monoisotopic (exact) mass is 293 g/mol. The summed E-state index contributed by atoms with van der Waals surface area (Å²) in [6, 6.07) is 0.186. The van der Waals surface area contributed by atoms with Crippen LogP contribution in [0.25, 0.3) is 0 Å². The summed E-state index contributed by atoms with van der Waals surface area (Å²) in [6.07, 6.45) is 2.25. The number of hydrogen-bond acceptors (Lipinski definition) is 8. The van der Waals surface area contributed by atoms with Crippen molar-refractivity contribution in [1.29, 1.82) is 0 Å². The van der Waals surface area contributed by atoms with Crippen molar-refractivity contribution >= 4 is 17.5 Å². The molecule has 1 unspecified atom stereocenters. The van der Waals surface area contributed by atoms with Gasteiger partial charge in [0.1, 0.15) is 5.69 Å². The molecule has 0 aliphatic carbocycles. The molecule has 9 heteroatoms. The van der Waals surface area contributed by atoms with Crippen LogP contribution in [-0.2, 0) is 0 Å². The van der Waals surface area contributed by atoms with Crippen molar-refractivity contribution in [3.8, 4) is 0 Å². The molecule has 1 aromatic heterocycles. The van der Waals surface area contributed by atoms with E-state index in [1.165, 1.54) is 0 Å². The van der Waals surface area contributed by atoms with Crippen LogP contribution in [0.5, 0.6) is 0 Å². The number of aromatic nitrogens is 2. The van der Waals surface area contributed by atoms with Crippen molar-refractivity contribution < 1.29 is 4.92 Å². The highest BCUT2D eigenvalue weighted by Crippen LogP contribution is 2.33. The number of nitrogens with two attached hydrogens (primary N) is 1. The first-order valence-corrected chi connectivity index (χ1v) is 7.07. The minimum Gasteiger partial charge on any atom is -0.360 e. The zero-order valence-corrected chi connectivity index (χ0v) is 11.9. The van der Waals surface area contributed by atoms with Crippen molar-refractivity contribution in [1.82, 2.24) is 14.9 Å². The van der Waals surface area contributed by atoms with E-state index in [-0.39, 0.29) is 23.5 Å². The zero-order valence-electron chi connectivity index (χ0n) is 11.9. The van der Waals surface area contributed by atoms with Gasteiger partial charge in [0.15, 0.2) is 0 Å². The molecule has 4 N–H and O–H groups in total. The van der Waals surface area contributed by atoms with E-state index in [9.17, 15) is 10.1 Å². The van der Waals surface area contributed by atoms with Gasteiger partial charge in [0.25, 0.3) is 0 Å². The predicted molar refractivity (Wildman–Crippen MR) is 77.8 cm³/mol. The Morgan fingerprint density at radius 3 is 2.62 bits per heavy atom. The van der Waals surface area contributed by atoms with Crippen LogP contribution < -0.4 is 16.6 Å². The van der Waals surface area contributed by atoms with Gasteiger partial charge in [0.2, 0.25) is 11.8 Å². The summed E-state index contributed by atoms with van der Waals surface area (Å²) in [5.41, 5.74) is 2.57. The maximum Gasteiger partial charge on any atom is 0.332 e. The van der Waals surface area contributed by atoms with Crippen molar-refractivity contribution in [3.05, 3.63) is 15.8 Å². The highest BCUT2D eigenvalue weighted by molar-refractivity contribution is 5.61. The van der Waals surface area contributed by atoms with Gasteiger partial charge in [-0.2, -0.15) is 4.98 Å². The second-order valence-electron chi connectivity index (χ2n) is 5.62. The quantitative estimate of drug-likeness (QED) is 0.416. The lowest BCUT2D eigenvalue weighted by molar-refractivity contribution is -0.385. The Labute approximate surface area is 122 Å². The molecule has 114 valence electrons. The van der Waals surface area contributed by atoms with Crippen LogP contribution in [0.2, 0.25) is 0 Å². The number of nitrogens with one attached hydrogen (secondary N) is 2. The first kappa shape index (κ1) is 14.0. The Hall–Kier alpha value is -2.00. The van der Waals surface area contributed by atoms with Crippen LogP contribution >= 0.6 is 0 Å². The topological polar surface area (TPSA) is 122 Å². The van der Waals surface area contributed by atoms with Crippen molar-refractivity contribution in [2.45, 2.75) is 25.8 Å². The molecule has 3 aliphatic heterocycles. The predicted octanol–water partition coefficient (Wildman–Crippen LogP) is 0.485. The number of hydrazine groups is 1. The van der Waals surface area contributed by atoms with Gasteiger partial charge in [0, 0.05) is 12.6 Å². The normalized spacial score (nSPS) is 27.4. The molecule has 0 spiro atoms. The average molecular weight is 293 g/mol. The van der Waals surface area contributed by atoms with E-state index < -0.39 is 4.92 Å². The Bertz CT molecular complexity index is 557. The number of anilines is 2. The number of aryl methyl sites for hydroxylation is 1. The Kier molecular flexibility index (Phi) is 3.60. The molecule has 3 aliphatic rings. The van der Waals surface area contributed by atoms with Gasteiger partial charge in [-0.25, -0.2) is 10.8 Å². The Morgan fingerprint density at radius 1 is 1.38 bits per heavy atom. The number of nitrogens with zero attached hydrogens (tertiary/aromatic N) is 4. The third-order valence-electron chi connectivity index (χ3n) is 4.35. The molecule has 1 atom stereocenters. The summed E-state index contributed by atoms with van der Waals surface area (Å²) >= 11 is 0. The molecule has 21 heavy (non-hydrogen) atoms. The third-order valence-corrected chi connectivity index (χ3v) is 4.35. The Morgan fingerprint density at radius 2 is 2.10 bits per heavy atom. The molecule has 9 nitrogen and oxygen atoms in total. The van der Waals surface area contributed by atoms with Gasteiger partial charge in [-0.3, -0.25) is 15.5 Å². The van der Waals surface area contributed by atoms with E-state index in [0.29, 0.717) is 11.6 Å². The molecular formula is C12H19N7O2. The molecule has 0 radical (unpaired) electrons. The van der Waals surface area contributed by atoms with Gasteiger partial charge in [-0.15, -0.1) is 0 Å². The van der Waals surface area contributed by atoms with Gasteiger partial charge in [0.05, 0.1) is 4.92 Å². The van der Waals surface area contributed by atoms with Gasteiger partial charge >= 0.3 is 5.69 Å². The van der Waals surface area contributed by atoms with E-state index in [2.05, 4.69) is 25.6 Å². The fraction of sp³-hybridized carbons (Fsp3) is 0.667. The largest absolute Gasteiger partial charge is 0.360 e. The third kappa shape index (κ3) is 2.61. The zero-order chi connectivity index (χ0) is 15.0. The van der Waals surface area contributed by atoms with Crippen LogP contribution in [0.15, 0.2) is 0 Å². The lowest BCUT2D eigenvalue weighted by Crippen LogP contribution is -2.53. The first-order valence-electron chi connectivity index (χ1n) is 7.07. The summed E-state index contributed by atoms with van der Waals surface area (Å²) in [7, 11) is 0. The van der Waals surface area contributed by atoms with Crippen LogP contribution in [-0.4, -0.2) is 45.5 Å². The summed E-state index contributed by atoms with van der Waals surface area (Å²) in [4.78, 5) is 21.3. The van der Waals surface area contributed by atoms with E-state index in [4.69, 9.17) is 5.84 Å². The van der Waals surface area contributed by atoms with Gasteiger partial charge < -0.3 is 10.2 Å². The maximum absolute atomic E-state index is 11.3. The summed E-state index contributed by atoms with van der Waals surface area (Å²) < 4.78 is 0. The van der Waals surface area contributed by atoms with Crippen molar-refractivity contribution in [2.24, 2.45) is 11.8 Å². The van der Waals surface area contributed by atoms with Crippen molar-refractivity contribution in [2.75, 3.05) is 30.4 Å². The van der Waals surface area contributed by atoms with Crippen molar-refractivity contribution in [3.63, 3.8) is 0 Å². The second-order valence-corrected chi connectivity index (χ2v) is 5.62. The summed E-state index contributed by atoms with van der Waals surface area (Å²) in [5.74, 6) is 6.30. The minimum atomic E-state index is -0.445. The number of piperidine rings is 3. The highest BCUT2D eigenvalue weighted by Gasteiger charge is 2.35. The molecule has 3 fully saturated rings. The smallest absolute Gasteiger partial charge is 0.332 e. The highest BCUT2D eigenvalue weighted by atomic mass is 16.6. The molecule has 4 heterocycles. The molecule has 1 aromatic rings. The molecule has 4 rings (SSSR count). The first-order chi connectivity index (χ1) is 10.1. The number of nitro groups is 1. The Balaban J connectivity index is 1.90. The lowest BCUT2D eigenvalue weighted by Gasteiger charge is -2.45. The van der Waals surface area contributed by atoms with Crippen LogP contribution in [0.3, 0.4) is 0 Å². The second kappa shape index (κ2) is 5.41. The fourth-order valence-electron chi connectivity index (χ4n) is 3.25. The number of rotatable bonds is 4. The van der Waals surface area contributed by atoms with Gasteiger partial charge in [-0.1, -0.05) is 0 Å². The lowest BCUT2D eigenvalue weighted by atomic mass is 9.84. The standard InChI is InChI=1S/C12H19N7O2/c1-7-10(19(20)21)11(16-12(14-7)17-13)15-9-6-18-4-2-8(9)3-5-18/h8-9H,2-6,13H2,1H3,(H2,14,15,16,17). The van der Waals surface area contributed by atoms with Gasteiger partial charge in [-0.05, 0) is 38.8 Å². The average Bonchev–Trinajstić information content (AvgIpc) is 2.47. The molecule has 0 amide bonds. The summed E-state index contributed by atoms with van der Waals surface area (Å²) in [5, 5.41) is 14.5. The van der Waals surface area contributed by atoms with Crippen LogP contribution in [0.4, 0.5) is 17.5 Å². The molecule has 0 saturated carbocycles. The number of nitrogen functional groups attached to an aromatic ring is 1. The fourth-order valence-corrected chi connectivity index (χ4v) is 3.25. The van der Waals surface area contributed by atoms with E-state index in [1.807, 2.05) is 0 Å². The molecule has 3 saturated heterocycles. The van der Waals surface area contributed by atoms with E-state index >= 15 is 0 Å². The number of fused-ring (bicyclic) bond motifs is 3. The molecule has 2 bridgehead atoms. The SMILES string of the molecule is Cc1nc(NN)nc(NC2CN3CCC2CC3)c1[N+](=O)[O-]. The maximum atomic E-state index is 11.3. The molecule has 0 aromatic carbocycles. The van der Waals surface area contributed by atoms with E-state index in [1.54, 1.807) is 6.92 Å². The molecular weight excluding hydrogens is 274 g/mol. The minimum absolute atomic E-state index is 0.0783. The number of hydrogen-bond donors (Lipinski definition) is 3. The van der Waals surface area contributed by atoms with E-state index in [0.717, 1.165) is 32.5 Å². The van der Waals surface area contributed by atoms with Crippen LogP contribution in [0, 0.1) is 23.0 Å².